The number of rotatable bonds is 20. The van der Waals surface area contributed by atoms with Gasteiger partial charge in [0.05, 0.1) is 6.10 Å². The van der Waals surface area contributed by atoms with Gasteiger partial charge in [0.2, 0.25) is 0 Å². The van der Waals surface area contributed by atoms with Gasteiger partial charge < -0.3 is 26.2 Å². The summed E-state index contributed by atoms with van der Waals surface area (Å²) in [6.45, 7) is 0. The van der Waals surface area contributed by atoms with Gasteiger partial charge in [-0.2, -0.15) is 0 Å². The third-order valence-electron chi connectivity index (χ3n) is 4.53. The van der Waals surface area contributed by atoms with Gasteiger partial charge in [-0.3, -0.25) is 14.4 Å². The summed E-state index contributed by atoms with van der Waals surface area (Å²) in [6.07, 6.45) is 19.6. The number of aliphatic carboxylic acids is 3. The number of hydrogen-bond donors (Lipinski definition) is 5. The Labute approximate surface area is 199 Å². The Morgan fingerprint density at radius 1 is 0.818 bits per heavy atom. The molecule has 0 bridgehead atoms. The van der Waals surface area contributed by atoms with Gasteiger partial charge in [0.25, 0.3) is 0 Å². The van der Waals surface area contributed by atoms with Crippen LogP contribution in [0.5, 0.6) is 0 Å². The van der Waals surface area contributed by atoms with Crippen molar-refractivity contribution in [3.8, 4) is 0 Å². The summed E-state index contributed by atoms with van der Waals surface area (Å²) in [5.74, 6) is -2.64. The highest BCUT2D eigenvalue weighted by atomic mass is 32.2. The number of carbonyl (C=O) groups is 3. The molecule has 33 heavy (non-hydrogen) atoms. The first-order chi connectivity index (χ1) is 15.7. The Morgan fingerprint density at radius 3 is 2.15 bits per heavy atom. The van der Waals surface area contributed by atoms with Gasteiger partial charge in [-0.15, -0.1) is 11.8 Å². The standard InChI is InChI=1S/C24H37NO7S/c25-19(24(31)32)18-33-21(20(26)14-13-17-23(29)30)15-11-9-7-5-3-1-2-4-6-8-10-12-16-22(27)28/h2-5,7,9,11,15,19-21,26H,1,6,8,10,12-14,16-18,25H2,(H,27,28)(H,29,30)(H,31,32)/b4-2-,5-3-,9-7+,15-11+/t19-,20-,21+/m0/s1. The summed E-state index contributed by atoms with van der Waals surface area (Å²) in [7, 11) is 0. The van der Waals surface area contributed by atoms with E-state index < -0.39 is 35.3 Å². The summed E-state index contributed by atoms with van der Waals surface area (Å²) in [5, 5.41) is 36.2. The van der Waals surface area contributed by atoms with Crippen molar-refractivity contribution in [2.45, 2.75) is 75.2 Å². The smallest absolute Gasteiger partial charge is 0.321 e. The Hall–Kier alpha value is -2.36. The molecule has 0 aromatic carbocycles. The third-order valence-corrected chi connectivity index (χ3v) is 5.93. The van der Waals surface area contributed by atoms with Crippen molar-refractivity contribution in [2.24, 2.45) is 5.73 Å². The fraction of sp³-hybridized carbons (Fsp3) is 0.542. The first kappa shape index (κ1) is 30.6. The van der Waals surface area contributed by atoms with Gasteiger partial charge in [-0.05, 0) is 38.5 Å². The molecular weight excluding hydrogens is 446 g/mol. The van der Waals surface area contributed by atoms with Crippen LogP contribution in [-0.4, -0.2) is 61.5 Å². The summed E-state index contributed by atoms with van der Waals surface area (Å²) in [5.41, 5.74) is 5.54. The second-order valence-electron chi connectivity index (χ2n) is 7.49. The second-order valence-corrected chi connectivity index (χ2v) is 8.71. The summed E-state index contributed by atoms with van der Waals surface area (Å²) in [4.78, 5) is 32.0. The molecule has 0 fully saturated rings. The highest BCUT2D eigenvalue weighted by molar-refractivity contribution is 8.00. The first-order valence-corrected chi connectivity index (χ1v) is 12.2. The van der Waals surface area contributed by atoms with Crippen LogP contribution in [0.25, 0.3) is 0 Å². The van der Waals surface area contributed by atoms with Gasteiger partial charge in [0.1, 0.15) is 6.04 Å². The van der Waals surface area contributed by atoms with E-state index >= 15 is 0 Å². The van der Waals surface area contributed by atoms with Crippen molar-refractivity contribution >= 4 is 29.7 Å². The minimum atomic E-state index is -1.11. The fourth-order valence-electron chi connectivity index (χ4n) is 2.67. The molecule has 0 rings (SSSR count). The molecule has 0 aromatic rings. The van der Waals surface area contributed by atoms with Gasteiger partial charge in [-0.25, -0.2) is 0 Å². The number of hydrogen-bond acceptors (Lipinski definition) is 6. The summed E-state index contributed by atoms with van der Waals surface area (Å²) < 4.78 is 0. The van der Waals surface area contributed by atoms with E-state index in [0.29, 0.717) is 19.3 Å². The van der Waals surface area contributed by atoms with E-state index in [2.05, 4.69) is 12.2 Å². The molecule has 0 aliphatic rings. The maximum absolute atomic E-state index is 10.9. The van der Waals surface area contributed by atoms with Crippen molar-refractivity contribution in [1.29, 1.82) is 0 Å². The fourth-order valence-corrected chi connectivity index (χ4v) is 3.81. The zero-order valence-electron chi connectivity index (χ0n) is 18.9. The van der Waals surface area contributed by atoms with Crippen molar-refractivity contribution in [2.75, 3.05) is 5.75 Å². The Kier molecular flexibility index (Phi) is 18.8. The van der Waals surface area contributed by atoms with Crippen LogP contribution in [-0.2, 0) is 14.4 Å². The van der Waals surface area contributed by atoms with E-state index in [-0.39, 0.29) is 18.6 Å². The lowest BCUT2D eigenvalue weighted by Gasteiger charge is -2.20. The van der Waals surface area contributed by atoms with Crippen LogP contribution < -0.4 is 5.73 Å². The van der Waals surface area contributed by atoms with E-state index in [1.54, 1.807) is 18.2 Å². The van der Waals surface area contributed by atoms with E-state index in [4.69, 9.17) is 21.1 Å². The van der Waals surface area contributed by atoms with Gasteiger partial charge in [0, 0.05) is 23.8 Å². The SMILES string of the molecule is N[C@@H](CS[C@H](/C=C/C=C/C=C\C/C=C\CCCCCC(=O)O)[C@@H](O)CCCC(=O)O)C(=O)O. The molecule has 3 atom stereocenters. The maximum atomic E-state index is 10.9. The number of unbranched alkanes of at least 4 members (excludes halogenated alkanes) is 3. The van der Waals surface area contributed by atoms with Crippen LogP contribution in [0.3, 0.4) is 0 Å². The Morgan fingerprint density at radius 2 is 1.48 bits per heavy atom. The lowest BCUT2D eigenvalue weighted by molar-refractivity contribution is -0.138. The van der Waals surface area contributed by atoms with Crippen molar-refractivity contribution in [1.82, 2.24) is 0 Å². The molecule has 186 valence electrons. The number of aliphatic hydroxyl groups excluding tert-OH is 1. The van der Waals surface area contributed by atoms with Gasteiger partial charge in [-0.1, -0.05) is 55.0 Å². The molecule has 9 heteroatoms. The Balaban J connectivity index is 4.39. The normalized spacial score (nSPS) is 15.0. The van der Waals surface area contributed by atoms with Crippen LogP contribution in [0.2, 0.25) is 0 Å². The lowest BCUT2D eigenvalue weighted by atomic mass is 10.1. The molecule has 0 heterocycles. The average Bonchev–Trinajstić information content (AvgIpc) is 2.74. The van der Waals surface area contributed by atoms with E-state index in [9.17, 15) is 19.5 Å². The van der Waals surface area contributed by atoms with E-state index in [1.807, 2.05) is 18.2 Å². The van der Waals surface area contributed by atoms with Gasteiger partial charge >= 0.3 is 17.9 Å². The van der Waals surface area contributed by atoms with Crippen LogP contribution in [0, 0.1) is 0 Å². The quantitative estimate of drug-likeness (QED) is 0.0987. The number of aliphatic hydroxyl groups is 1. The van der Waals surface area contributed by atoms with Crippen molar-refractivity contribution in [3.63, 3.8) is 0 Å². The van der Waals surface area contributed by atoms with Crippen LogP contribution >= 0.6 is 11.8 Å². The lowest BCUT2D eigenvalue weighted by Crippen LogP contribution is -2.34. The molecular formula is C24H37NO7S. The molecule has 0 amide bonds. The van der Waals surface area contributed by atoms with Crippen molar-refractivity contribution in [3.05, 3.63) is 48.6 Å². The zero-order valence-corrected chi connectivity index (χ0v) is 19.7. The van der Waals surface area contributed by atoms with Crippen LogP contribution in [0.15, 0.2) is 48.6 Å². The molecule has 0 unspecified atom stereocenters. The number of nitrogens with two attached hydrogens (primary N) is 1. The summed E-state index contributed by atoms with van der Waals surface area (Å²) in [6, 6.07) is -1.03. The third kappa shape index (κ3) is 20.0. The second kappa shape index (κ2) is 20.3. The molecule has 0 aliphatic heterocycles. The topological polar surface area (TPSA) is 158 Å². The van der Waals surface area contributed by atoms with Crippen LogP contribution in [0.1, 0.15) is 57.8 Å². The molecule has 0 aromatic heterocycles. The number of thioether (sulfide) groups is 1. The number of allylic oxidation sites excluding steroid dienone is 7. The van der Waals surface area contributed by atoms with E-state index in [1.165, 1.54) is 11.8 Å². The molecule has 0 radical (unpaired) electrons. The highest BCUT2D eigenvalue weighted by Gasteiger charge is 2.20. The minimum absolute atomic E-state index is 0.0311. The zero-order chi connectivity index (χ0) is 24.9. The molecule has 0 saturated carbocycles. The number of carboxylic acid groups (broad SMARTS) is 3. The largest absolute Gasteiger partial charge is 0.481 e. The average molecular weight is 484 g/mol. The van der Waals surface area contributed by atoms with Gasteiger partial charge in [0.15, 0.2) is 0 Å². The van der Waals surface area contributed by atoms with E-state index in [0.717, 1.165) is 25.7 Å². The monoisotopic (exact) mass is 483 g/mol. The molecule has 8 nitrogen and oxygen atoms in total. The molecule has 0 saturated heterocycles. The first-order valence-electron chi connectivity index (χ1n) is 11.1. The highest BCUT2D eigenvalue weighted by Crippen LogP contribution is 2.21. The Bertz CT molecular complexity index is 688. The van der Waals surface area contributed by atoms with Crippen molar-refractivity contribution < 1.29 is 34.8 Å². The maximum Gasteiger partial charge on any atom is 0.321 e. The predicted octanol–water partition coefficient (Wildman–Crippen LogP) is 3.77. The molecule has 0 spiro atoms. The number of carboxylic acids is 3. The minimum Gasteiger partial charge on any atom is -0.481 e. The molecule has 6 N–H and O–H groups in total. The van der Waals surface area contributed by atoms with Crippen LogP contribution in [0.4, 0.5) is 0 Å². The summed E-state index contributed by atoms with van der Waals surface area (Å²) >= 11 is 1.23. The predicted molar refractivity (Wildman–Crippen MR) is 131 cm³/mol. The molecule has 0 aliphatic carbocycles.